The van der Waals surface area contributed by atoms with E-state index in [2.05, 4.69) is 98.9 Å². The molecule has 0 fully saturated rings. The van der Waals surface area contributed by atoms with Gasteiger partial charge in [0.2, 0.25) is 0 Å². The van der Waals surface area contributed by atoms with Gasteiger partial charge in [-0.2, -0.15) is 0 Å². The van der Waals surface area contributed by atoms with Crippen LogP contribution >= 0.6 is 7.82 Å². The largest absolute Gasteiger partial charge is 0.472 e. The van der Waals surface area contributed by atoms with E-state index < -0.39 is 26.5 Å². The lowest BCUT2D eigenvalue weighted by Gasteiger charge is -2.24. The van der Waals surface area contributed by atoms with E-state index in [-0.39, 0.29) is 32.0 Å². The zero-order valence-corrected chi connectivity index (χ0v) is 55.1. The van der Waals surface area contributed by atoms with E-state index >= 15 is 0 Å². The first-order chi connectivity index (χ1) is 40.0. The zero-order chi connectivity index (χ0) is 59.8. The SMILES string of the molecule is CC/C=C\C/C=C\C/C=C\C/C=C\C/C=C\C/C=C\C/C=C\CCCCCCCCCC(=O)OC(COC(=O)CCCCCCCCCCCCCCCCCCCCCCCCCCCCCCC)COP(=O)(O)OCC[N+](C)(C)C. The summed E-state index contributed by atoms with van der Waals surface area (Å²) >= 11 is 0. The number of hydrogen-bond donors (Lipinski definition) is 1. The number of likely N-dealkylation sites (N-methyl/N-ethyl adjacent to an activating group) is 1. The molecule has 2 atom stereocenters. The van der Waals surface area contributed by atoms with E-state index in [1.807, 2.05) is 21.1 Å². The van der Waals surface area contributed by atoms with Crippen LogP contribution < -0.4 is 0 Å². The van der Waals surface area contributed by atoms with Gasteiger partial charge in [-0.25, -0.2) is 4.57 Å². The third kappa shape index (κ3) is 66.3. The Labute approximate surface area is 507 Å². The molecule has 2 unspecified atom stereocenters. The predicted octanol–water partition coefficient (Wildman–Crippen LogP) is 22.2. The van der Waals surface area contributed by atoms with Gasteiger partial charge in [0.1, 0.15) is 19.8 Å². The van der Waals surface area contributed by atoms with Gasteiger partial charge in [-0.05, 0) is 70.6 Å². The molecular weight excluding hydrogens is 1040 g/mol. The topological polar surface area (TPSA) is 108 Å². The van der Waals surface area contributed by atoms with Gasteiger partial charge in [0, 0.05) is 12.8 Å². The number of esters is 2. The fraction of sp³-hybridized carbons (Fsp3) is 0.778. The van der Waals surface area contributed by atoms with Crippen molar-refractivity contribution in [3.05, 3.63) is 85.1 Å². The number of ether oxygens (including phenoxy) is 2. The number of carbonyl (C=O) groups is 2. The van der Waals surface area contributed by atoms with Crippen molar-refractivity contribution < 1.29 is 42.1 Å². The molecule has 0 aromatic carbocycles. The Balaban J connectivity index is 4.09. The maximum absolute atomic E-state index is 12.9. The minimum Gasteiger partial charge on any atom is -0.462 e. The molecular formula is C72H131NO8P+. The Kier molecular flexibility index (Phi) is 60.6. The fourth-order valence-corrected chi connectivity index (χ4v) is 10.4. The fourth-order valence-electron chi connectivity index (χ4n) is 9.71. The van der Waals surface area contributed by atoms with Crippen molar-refractivity contribution in [3.8, 4) is 0 Å². The molecule has 0 radical (unpaired) electrons. The molecule has 0 aromatic heterocycles. The van der Waals surface area contributed by atoms with Gasteiger partial charge in [-0.1, -0.05) is 311 Å². The molecule has 0 aliphatic rings. The van der Waals surface area contributed by atoms with E-state index in [4.69, 9.17) is 18.5 Å². The summed E-state index contributed by atoms with van der Waals surface area (Å²) < 4.78 is 34.7. The van der Waals surface area contributed by atoms with Crippen LogP contribution in [0.15, 0.2) is 85.1 Å². The smallest absolute Gasteiger partial charge is 0.462 e. The van der Waals surface area contributed by atoms with Gasteiger partial charge < -0.3 is 18.9 Å². The predicted molar refractivity (Wildman–Crippen MR) is 353 cm³/mol. The van der Waals surface area contributed by atoms with E-state index in [1.54, 1.807) is 0 Å². The van der Waals surface area contributed by atoms with Gasteiger partial charge in [-0.15, -0.1) is 0 Å². The van der Waals surface area contributed by atoms with E-state index in [1.165, 1.54) is 186 Å². The van der Waals surface area contributed by atoms with Gasteiger partial charge in [0.05, 0.1) is 27.7 Å². The highest BCUT2D eigenvalue weighted by Crippen LogP contribution is 2.43. The van der Waals surface area contributed by atoms with E-state index in [9.17, 15) is 19.0 Å². The first-order valence-electron chi connectivity index (χ1n) is 34.3. The van der Waals surface area contributed by atoms with Crippen molar-refractivity contribution in [2.75, 3.05) is 47.5 Å². The molecule has 0 aliphatic heterocycles. The van der Waals surface area contributed by atoms with Crippen LogP contribution in [0, 0.1) is 0 Å². The zero-order valence-electron chi connectivity index (χ0n) is 54.2. The number of phosphoric acid groups is 1. The van der Waals surface area contributed by atoms with E-state index in [0.717, 1.165) is 89.9 Å². The highest BCUT2D eigenvalue weighted by Gasteiger charge is 2.27. The molecule has 0 saturated carbocycles. The average molecular weight is 1170 g/mol. The maximum Gasteiger partial charge on any atom is 0.472 e. The summed E-state index contributed by atoms with van der Waals surface area (Å²) in [5, 5.41) is 0. The highest BCUT2D eigenvalue weighted by molar-refractivity contribution is 7.47. The third-order valence-corrected chi connectivity index (χ3v) is 15.9. The lowest BCUT2D eigenvalue weighted by atomic mass is 10.0. The normalized spacial score (nSPS) is 13.7. The minimum atomic E-state index is -4.40. The number of nitrogens with zero attached hydrogens (tertiary/aromatic N) is 1. The van der Waals surface area contributed by atoms with Crippen LogP contribution in [0.2, 0.25) is 0 Å². The molecule has 476 valence electrons. The number of rotatable bonds is 63. The molecule has 0 rings (SSSR count). The van der Waals surface area contributed by atoms with Crippen LogP contribution in [0.4, 0.5) is 0 Å². The second-order valence-corrected chi connectivity index (χ2v) is 25.6. The lowest BCUT2D eigenvalue weighted by Crippen LogP contribution is -2.37. The van der Waals surface area contributed by atoms with Crippen molar-refractivity contribution in [2.45, 2.75) is 315 Å². The minimum absolute atomic E-state index is 0.0270. The number of carbonyl (C=O) groups excluding carboxylic acids is 2. The first-order valence-corrected chi connectivity index (χ1v) is 35.8. The van der Waals surface area contributed by atoms with Crippen molar-refractivity contribution in [1.29, 1.82) is 0 Å². The summed E-state index contributed by atoms with van der Waals surface area (Å²) in [4.78, 5) is 35.9. The third-order valence-electron chi connectivity index (χ3n) is 14.9. The number of allylic oxidation sites excluding steroid dienone is 14. The van der Waals surface area contributed by atoms with Crippen LogP contribution in [-0.2, 0) is 32.7 Å². The Hall–Kier alpha value is -2.81. The highest BCUT2D eigenvalue weighted by atomic mass is 31.2. The van der Waals surface area contributed by atoms with Crippen LogP contribution in [-0.4, -0.2) is 74.9 Å². The molecule has 9 nitrogen and oxygen atoms in total. The van der Waals surface area contributed by atoms with Gasteiger partial charge >= 0.3 is 19.8 Å². The van der Waals surface area contributed by atoms with Crippen molar-refractivity contribution in [2.24, 2.45) is 0 Å². The quantitative estimate of drug-likeness (QED) is 0.0211. The van der Waals surface area contributed by atoms with Gasteiger partial charge in [-0.3, -0.25) is 18.6 Å². The maximum atomic E-state index is 12.9. The number of quaternary nitrogens is 1. The molecule has 0 saturated heterocycles. The monoisotopic (exact) mass is 1170 g/mol. The Morgan fingerprint density at radius 3 is 1.04 bits per heavy atom. The van der Waals surface area contributed by atoms with Crippen LogP contribution in [0.5, 0.6) is 0 Å². The summed E-state index contributed by atoms with van der Waals surface area (Å²) in [6, 6.07) is 0. The molecule has 0 aromatic rings. The molecule has 10 heteroatoms. The average Bonchev–Trinajstić information content (AvgIpc) is 3.45. The Morgan fingerprint density at radius 2 is 0.695 bits per heavy atom. The molecule has 1 N–H and O–H groups in total. The number of unbranched alkanes of at least 4 members (excludes halogenated alkanes) is 35. The van der Waals surface area contributed by atoms with Crippen molar-refractivity contribution in [1.82, 2.24) is 0 Å². The summed E-state index contributed by atoms with van der Waals surface area (Å²) in [6.45, 7) is 4.35. The van der Waals surface area contributed by atoms with Gasteiger partial charge in [0.25, 0.3) is 0 Å². The molecule has 0 spiro atoms. The van der Waals surface area contributed by atoms with E-state index in [0.29, 0.717) is 17.4 Å². The van der Waals surface area contributed by atoms with Crippen molar-refractivity contribution >= 4 is 19.8 Å². The summed E-state index contributed by atoms with van der Waals surface area (Å²) in [7, 11) is 1.47. The lowest BCUT2D eigenvalue weighted by molar-refractivity contribution is -0.870. The summed E-state index contributed by atoms with van der Waals surface area (Å²) in [5.74, 6) is -0.801. The number of hydrogen-bond acceptors (Lipinski definition) is 7. The molecule has 0 bridgehead atoms. The standard InChI is InChI=1S/C72H130NO8P/c1-6-8-10-12-14-16-18-20-22-24-26-28-30-32-34-36-38-40-42-44-46-48-50-52-54-56-58-60-62-64-71(74)78-68-70(69-80-82(76,77)79-67-66-73(3,4)5)81-72(75)65-63-61-59-57-55-53-51-49-47-45-43-41-39-37-35-33-31-29-27-25-23-21-19-17-15-13-11-9-7-2/h9,11,15,17,21,23,27,29,33,35,39,41,45,47,70H,6-8,10,12-14,16,18-20,22,24-26,28,30-32,34,36-38,40,42-44,46,48-69H2,1-5H3/p+1/b11-9-,17-15-,23-21-,29-27-,35-33-,41-39-,47-45-. The Bertz CT molecular complexity index is 1660. The molecule has 0 heterocycles. The second-order valence-electron chi connectivity index (χ2n) is 24.2. The summed E-state index contributed by atoms with van der Waals surface area (Å²) in [5.41, 5.74) is 0. The number of phosphoric ester groups is 1. The Morgan fingerprint density at radius 1 is 0.390 bits per heavy atom. The first kappa shape index (κ1) is 79.2. The second kappa shape index (κ2) is 62.7. The van der Waals surface area contributed by atoms with Crippen molar-refractivity contribution in [3.63, 3.8) is 0 Å². The van der Waals surface area contributed by atoms with Crippen LogP contribution in [0.3, 0.4) is 0 Å². The molecule has 0 aliphatic carbocycles. The molecule has 82 heavy (non-hydrogen) atoms. The summed E-state index contributed by atoms with van der Waals surface area (Å²) in [6.07, 6.45) is 85.4. The molecule has 0 amide bonds. The van der Waals surface area contributed by atoms with Crippen LogP contribution in [0.25, 0.3) is 0 Å². The van der Waals surface area contributed by atoms with Crippen LogP contribution in [0.1, 0.15) is 309 Å². The van der Waals surface area contributed by atoms with Gasteiger partial charge in [0.15, 0.2) is 6.10 Å².